The predicted octanol–water partition coefficient (Wildman–Crippen LogP) is 1.43. The molecule has 1 aliphatic heterocycles. The fourth-order valence-electron chi connectivity index (χ4n) is 4.70. The molecule has 2 N–H and O–H groups in total. The van der Waals surface area contributed by atoms with Crippen LogP contribution in [0.5, 0.6) is 0 Å². The van der Waals surface area contributed by atoms with E-state index in [0.717, 1.165) is 63.1 Å². The minimum absolute atomic E-state index is 0.0929. The number of aryl methyl sites for hydroxylation is 2. The summed E-state index contributed by atoms with van der Waals surface area (Å²) in [6.07, 6.45) is 4.78. The molecule has 1 atom stereocenters. The van der Waals surface area contributed by atoms with Gasteiger partial charge in [-0.3, -0.25) is 19.5 Å². The number of amides is 1. The number of hydrogen-bond acceptors (Lipinski definition) is 6. The van der Waals surface area contributed by atoms with Crippen molar-refractivity contribution in [1.29, 1.82) is 0 Å². The molecule has 2 aliphatic carbocycles. The molecule has 3 aliphatic rings. The Hall–Kier alpha value is -2.81. The molecule has 2 fully saturated rings. The maximum atomic E-state index is 14.6. The van der Waals surface area contributed by atoms with Crippen molar-refractivity contribution < 1.29 is 9.18 Å². The smallest absolute Gasteiger partial charge is 0.270 e. The second-order valence-corrected chi connectivity index (χ2v) is 9.23. The van der Waals surface area contributed by atoms with E-state index >= 15 is 0 Å². The minimum Gasteiger partial charge on any atom is -0.365 e. The van der Waals surface area contributed by atoms with E-state index in [2.05, 4.69) is 25.2 Å². The van der Waals surface area contributed by atoms with Crippen LogP contribution in [-0.2, 0) is 12.8 Å². The molecule has 2 aromatic rings. The largest absolute Gasteiger partial charge is 0.365 e. The van der Waals surface area contributed by atoms with Gasteiger partial charge in [-0.05, 0) is 57.1 Å². The van der Waals surface area contributed by atoms with E-state index < -0.39 is 5.95 Å². The van der Waals surface area contributed by atoms with Gasteiger partial charge in [-0.25, -0.2) is 4.98 Å². The van der Waals surface area contributed by atoms with Gasteiger partial charge in [0.25, 0.3) is 11.5 Å². The Bertz CT molecular complexity index is 1070. The number of aromatic nitrogens is 3. The van der Waals surface area contributed by atoms with Crippen molar-refractivity contribution in [2.75, 3.05) is 37.6 Å². The molecule has 1 saturated carbocycles. The van der Waals surface area contributed by atoms with Crippen molar-refractivity contribution in [1.82, 2.24) is 25.2 Å². The molecule has 3 heterocycles. The number of hydrogen-bond donors (Lipinski definition) is 2. The van der Waals surface area contributed by atoms with Crippen LogP contribution in [0, 0.1) is 18.8 Å². The van der Waals surface area contributed by atoms with Crippen LogP contribution in [0.15, 0.2) is 16.9 Å². The van der Waals surface area contributed by atoms with Crippen LogP contribution in [0.25, 0.3) is 0 Å². The molecule has 0 aromatic carbocycles. The van der Waals surface area contributed by atoms with E-state index in [0.29, 0.717) is 30.4 Å². The zero-order valence-electron chi connectivity index (χ0n) is 18.4. The Morgan fingerprint density at radius 1 is 1.19 bits per heavy atom. The number of rotatable bonds is 5. The van der Waals surface area contributed by atoms with E-state index in [1.165, 1.54) is 0 Å². The molecular formula is C23H29FN6O2. The highest BCUT2D eigenvalue weighted by atomic mass is 19.1. The number of nitrogens with zero attached hydrogens (tertiary/aromatic N) is 4. The third kappa shape index (κ3) is 4.53. The molecule has 32 heavy (non-hydrogen) atoms. The van der Waals surface area contributed by atoms with Crippen molar-refractivity contribution in [3.8, 4) is 0 Å². The molecule has 0 unspecified atom stereocenters. The number of carbonyl (C=O) groups excluding carboxylic acids is 1. The first-order valence-electron chi connectivity index (χ1n) is 11.5. The fourth-order valence-corrected chi connectivity index (χ4v) is 4.70. The fraction of sp³-hybridized carbons (Fsp3) is 0.565. The maximum absolute atomic E-state index is 14.6. The number of halogens is 1. The molecule has 9 heteroatoms. The van der Waals surface area contributed by atoms with Crippen molar-refractivity contribution in [3.63, 3.8) is 0 Å². The third-order valence-electron chi connectivity index (χ3n) is 6.73. The Morgan fingerprint density at radius 2 is 1.97 bits per heavy atom. The van der Waals surface area contributed by atoms with Crippen LogP contribution in [0.3, 0.4) is 0 Å². The molecule has 0 bridgehead atoms. The Kier molecular flexibility index (Phi) is 5.67. The number of pyridine rings is 1. The van der Waals surface area contributed by atoms with Crippen LogP contribution < -0.4 is 15.8 Å². The van der Waals surface area contributed by atoms with Gasteiger partial charge in [0.1, 0.15) is 11.4 Å². The van der Waals surface area contributed by atoms with Gasteiger partial charge in [0.2, 0.25) is 5.95 Å². The Morgan fingerprint density at radius 3 is 2.69 bits per heavy atom. The summed E-state index contributed by atoms with van der Waals surface area (Å²) in [6, 6.07) is 3.50. The summed E-state index contributed by atoms with van der Waals surface area (Å²) in [4.78, 5) is 39.8. The zero-order chi connectivity index (χ0) is 22.2. The van der Waals surface area contributed by atoms with Gasteiger partial charge >= 0.3 is 0 Å². The van der Waals surface area contributed by atoms with Crippen molar-refractivity contribution in [3.05, 3.63) is 51.2 Å². The highest BCUT2D eigenvalue weighted by Gasteiger charge is 2.27. The lowest BCUT2D eigenvalue weighted by Gasteiger charge is -2.38. The van der Waals surface area contributed by atoms with Crippen LogP contribution >= 0.6 is 0 Å². The highest BCUT2D eigenvalue weighted by molar-refractivity contribution is 5.92. The van der Waals surface area contributed by atoms with Gasteiger partial charge in [-0.1, -0.05) is 0 Å². The molecule has 2 aromatic heterocycles. The summed E-state index contributed by atoms with van der Waals surface area (Å²) >= 11 is 0. The second-order valence-electron chi connectivity index (χ2n) is 9.23. The normalized spacial score (nSPS) is 21.3. The molecule has 1 amide bonds. The lowest BCUT2D eigenvalue weighted by molar-refractivity contribution is 0.0945. The van der Waals surface area contributed by atoms with Crippen molar-refractivity contribution in [2.45, 2.75) is 45.1 Å². The van der Waals surface area contributed by atoms with E-state index in [9.17, 15) is 14.0 Å². The quantitative estimate of drug-likeness (QED) is 0.684. The van der Waals surface area contributed by atoms with Crippen molar-refractivity contribution in [2.24, 2.45) is 5.92 Å². The zero-order valence-corrected chi connectivity index (χ0v) is 18.4. The third-order valence-corrected chi connectivity index (χ3v) is 6.73. The monoisotopic (exact) mass is 440 g/mol. The summed E-state index contributed by atoms with van der Waals surface area (Å²) in [6.45, 7) is 5.83. The van der Waals surface area contributed by atoms with Gasteiger partial charge in [-0.2, -0.15) is 4.39 Å². The number of nitrogens with one attached hydrogen (secondary N) is 2. The van der Waals surface area contributed by atoms with E-state index in [1.54, 1.807) is 19.1 Å². The topological polar surface area (TPSA) is 94.2 Å². The van der Waals surface area contributed by atoms with Gasteiger partial charge in [0, 0.05) is 44.5 Å². The number of piperazine rings is 1. The second kappa shape index (κ2) is 8.61. The number of H-pyrrole nitrogens is 1. The summed E-state index contributed by atoms with van der Waals surface area (Å²) in [5, 5.41) is 2.84. The van der Waals surface area contributed by atoms with Gasteiger partial charge in [0.15, 0.2) is 0 Å². The lowest BCUT2D eigenvalue weighted by Crippen LogP contribution is -2.48. The lowest BCUT2D eigenvalue weighted by atomic mass is 9.88. The number of fused-ring (bicyclic) bond motifs is 1. The minimum atomic E-state index is -0.586. The summed E-state index contributed by atoms with van der Waals surface area (Å²) in [5.74, 6) is -0.405. The maximum Gasteiger partial charge on any atom is 0.270 e. The van der Waals surface area contributed by atoms with E-state index in [4.69, 9.17) is 0 Å². The average molecular weight is 441 g/mol. The van der Waals surface area contributed by atoms with E-state index in [1.807, 2.05) is 4.90 Å². The predicted molar refractivity (Wildman–Crippen MR) is 118 cm³/mol. The molecule has 0 radical (unpaired) electrons. The van der Waals surface area contributed by atoms with Gasteiger partial charge in [0.05, 0.1) is 11.4 Å². The van der Waals surface area contributed by atoms with Gasteiger partial charge in [-0.15, -0.1) is 0 Å². The average Bonchev–Trinajstić information content (AvgIpc) is 3.59. The first-order chi connectivity index (χ1) is 15.5. The molecule has 0 spiro atoms. The van der Waals surface area contributed by atoms with Crippen molar-refractivity contribution >= 4 is 11.6 Å². The van der Waals surface area contributed by atoms with E-state index in [-0.39, 0.29) is 23.2 Å². The van der Waals surface area contributed by atoms with Gasteiger partial charge < -0.3 is 15.2 Å². The van der Waals surface area contributed by atoms with Crippen LogP contribution in [-0.4, -0.2) is 64.5 Å². The number of carbonyl (C=O) groups is 1. The highest BCUT2D eigenvalue weighted by Crippen LogP contribution is 2.25. The summed E-state index contributed by atoms with van der Waals surface area (Å²) in [7, 11) is 0. The first kappa shape index (κ1) is 21.1. The SMILES string of the molecule is Cc1nc2c([nH]c1=O)C[C@@H](CN1CCN(c3ccc(C(=O)NC4CC4)nc3F)CC1)CC2. The first-order valence-corrected chi connectivity index (χ1v) is 11.5. The molecule has 5 rings (SSSR count). The standard InChI is InChI=1S/C23H29FN6O2/c1-14-22(31)28-19-12-15(2-5-17(19)25-14)13-29-8-10-30(11-9-29)20-7-6-18(27-21(20)24)23(32)26-16-3-4-16/h6-7,15-16H,2-5,8-13H2,1H3,(H,26,32)(H,28,31)/t15-/m0/s1. The van der Waals surface area contributed by atoms with Crippen LogP contribution in [0.4, 0.5) is 10.1 Å². The Labute approximate surface area is 186 Å². The summed E-state index contributed by atoms with van der Waals surface area (Å²) in [5.41, 5.74) is 3.05. The molecule has 170 valence electrons. The molecule has 1 saturated heterocycles. The van der Waals surface area contributed by atoms with Crippen LogP contribution in [0.1, 0.15) is 46.8 Å². The summed E-state index contributed by atoms with van der Waals surface area (Å²) < 4.78 is 14.6. The Balaban J connectivity index is 1.15. The molecular weight excluding hydrogens is 411 g/mol. The number of anilines is 1. The molecule has 8 nitrogen and oxygen atoms in total. The van der Waals surface area contributed by atoms with Crippen LogP contribution in [0.2, 0.25) is 0 Å². The number of aromatic amines is 1.